The van der Waals surface area contributed by atoms with Crippen molar-refractivity contribution in [3.05, 3.63) is 158 Å². The molecule has 238 valence electrons. The highest BCUT2D eigenvalue weighted by Gasteiger charge is 2.18. The fraction of sp³-hybridized carbons (Fsp3) is 0.0444. The van der Waals surface area contributed by atoms with Crippen molar-refractivity contribution in [3.8, 4) is 45.0 Å². The second-order valence-corrected chi connectivity index (χ2v) is 13.3. The third kappa shape index (κ3) is 5.11. The lowest BCUT2D eigenvalue weighted by Gasteiger charge is -2.10. The van der Waals surface area contributed by atoms with E-state index in [1.807, 2.05) is 73.7 Å². The lowest BCUT2D eigenvalue weighted by Crippen LogP contribution is -2.02. The third-order valence-corrected chi connectivity index (χ3v) is 10.4. The van der Waals surface area contributed by atoms with Gasteiger partial charge in [-0.05, 0) is 72.5 Å². The largest absolute Gasteiger partial charge is 0.456 e. The quantitative estimate of drug-likeness (QED) is 0.166. The van der Waals surface area contributed by atoms with Gasteiger partial charge in [-0.2, -0.15) is 0 Å². The average Bonchev–Trinajstić information content (AvgIpc) is 3.75. The zero-order valence-electron chi connectivity index (χ0n) is 27.6. The van der Waals surface area contributed by atoms with Crippen LogP contribution in [0.4, 0.5) is 0 Å². The van der Waals surface area contributed by atoms with E-state index < -0.39 is 0 Å². The van der Waals surface area contributed by atoms with Crippen LogP contribution in [0.25, 0.3) is 92.7 Å². The van der Waals surface area contributed by atoms with Gasteiger partial charge in [0, 0.05) is 47.6 Å². The van der Waals surface area contributed by atoms with Crippen molar-refractivity contribution in [1.82, 2.24) is 15.0 Å². The van der Waals surface area contributed by atoms with Crippen molar-refractivity contribution < 1.29 is 4.42 Å². The molecule has 6 aromatic carbocycles. The lowest BCUT2D eigenvalue weighted by atomic mass is 9.95. The van der Waals surface area contributed by atoms with E-state index in [1.54, 1.807) is 0 Å². The average molecular weight is 662 g/mol. The van der Waals surface area contributed by atoms with Crippen molar-refractivity contribution in [2.45, 2.75) is 13.8 Å². The predicted octanol–water partition coefficient (Wildman–Crippen LogP) is 12.8. The van der Waals surface area contributed by atoms with Crippen molar-refractivity contribution in [3.63, 3.8) is 0 Å². The van der Waals surface area contributed by atoms with E-state index in [9.17, 15) is 0 Å². The third-order valence-electron chi connectivity index (χ3n) is 9.22. The Labute approximate surface area is 293 Å². The molecule has 0 fully saturated rings. The zero-order valence-corrected chi connectivity index (χ0v) is 28.4. The number of thiophene rings is 1. The normalized spacial score (nSPS) is 12.2. The number of nitrogens with zero attached hydrogens (tertiary/aromatic N) is 3. The molecule has 0 aliphatic rings. The molecule has 0 saturated heterocycles. The van der Waals surface area contributed by atoms with Gasteiger partial charge in [-0.25, -0.2) is 15.0 Å². The summed E-state index contributed by atoms with van der Waals surface area (Å²) in [4.78, 5) is 14.8. The van der Waals surface area contributed by atoms with Gasteiger partial charge in [-0.1, -0.05) is 115 Å². The van der Waals surface area contributed by atoms with Crippen LogP contribution >= 0.6 is 11.3 Å². The van der Waals surface area contributed by atoms with Crippen LogP contribution in [0.5, 0.6) is 0 Å². The first-order valence-corrected chi connectivity index (χ1v) is 17.6. The summed E-state index contributed by atoms with van der Waals surface area (Å²) >= 11 is 1.84. The first kappa shape index (κ1) is 29.9. The molecule has 9 aromatic rings. The maximum atomic E-state index is 6.46. The van der Waals surface area contributed by atoms with Gasteiger partial charge in [0.1, 0.15) is 11.2 Å². The Kier molecular flexibility index (Phi) is 7.41. The summed E-state index contributed by atoms with van der Waals surface area (Å²) in [6.07, 6.45) is 6.07. The van der Waals surface area contributed by atoms with Gasteiger partial charge in [0.15, 0.2) is 17.5 Å². The monoisotopic (exact) mass is 661 g/mol. The summed E-state index contributed by atoms with van der Waals surface area (Å²) in [7, 11) is 0. The molecule has 0 saturated carbocycles. The van der Waals surface area contributed by atoms with Gasteiger partial charge >= 0.3 is 0 Å². The Morgan fingerprint density at radius 3 is 2.06 bits per heavy atom. The molecule has 0 radical (unpaired) electrons. The minimum Gasteiger partial charge on any atom is -0.456 e. The van der Waals surface area contributed by atoms with Crippen molar-refractivity contribution in [2.75, 3.05) is 0 Å². The Balaban J connectivity index is 1.21. The molecular formula is C45H31N3OS. The number of aromatic nitrogens is 3. The second kappa shape index (κ2) is 12.4. The summed E-state index contributed by atoms with van der Waals surface area (Å²) < 4.78 is 9.06. The summed E-state index contributed by atoms with van der Waals surface area (Å²) in [5, 5.41) is 4.78. The minimum atomic E-state index is 0.627. The Bertz CT molecular complexity index is 2790. The number of allylic oxidation sites excluding steroid dienone is 4. The summed E-state index contributed by atoms with van der Waals surface area (Å²) in [5.41, 5.74) is 9.10. The second-order valence-electron chi connectivity index (χ2n) is 12.3. The topological polar surface area (TPSA) is 51.8 Å². The van der Waals surface area contributed by atoms with Gasteiger partial charge < -0.3 is 4.42 Å². The summed E-state index contributed by atoms with van der Waals surface area (Å²) in [6.45, 7) is 4.01. The number of benzene rings is 6. The molecule has 50 heavy (non-hydrogen) atoms. The van der Waals surface area contributed by atoms with Crippen LogP contribution in [0.1, 0.15) is 19.7 Å². The molecule has 3 heterocycles. The number of hydrogen-bond donors (Lipinski definition) is 0. The first-order chi connectivity index (χ1) is 24.7. The summed E-state index contributed by atoms with van der Waals surface area (Å²) in [6, 6.07) is 46.7. The predicted molar refractivity (Wildman–Crippen MR) is 210 cm³/mol. The Hall–Kier alpha value is -6.17. The molecule has 0 unspecified atom stereocenters. The molecule has 0 N–H and O–H groups in total. The number of hydrogen-bond acceptors (Lipinski definition) is 5. The molecule has 3 aromatic heterocycles. The van der Waals surface area contributed by atoms with Gasteiger partial charge in [0.05, 0.1) is 0 Å². The van der Waals surface area contributed by atoms with E-state index in [-0.39, 0.29) is 0 Å². The minimum absolute atomic E-state index is 0.627. The molecule has 0 atom stereocenters. The SMILES string of the molecule is C/C=C\C(=C/C)c1nc(-c2ccccc2)nc(-c2cccc(-c3cccc4oc5ccc(-c6cccc7sc8ccccc8c67)cc5c34)c2)n1. The molecule has 0 aliphatic carbocycles. The molecule has 0 spiro atoms. The van der Waals surface area contributed by atoms with E-state index >= 15 is 0 Å². The van der Waals surface area contributed by atoms with Gasteiger partial charge in [0.2, 0.25) is 0 Å². The van der Waals surface area contributed by atoms with E-state index in [1.165, 1.54) is 31.3 Å². The molecule has 0 amide bonds. The highest BCUT2D eigenvalue weighted by molar-refractivity contribution is 7.25. The highest BCUT2D eigenvalue weighted by atomic mass is 32.1. The van der Waals surface area contributed by atoms with Crippen LogP contribution in [-0.4, -0.2) is 15.0 Å². The van der Waals surface area contributed by atoms with Crippen molar-refractivity contribution in [1.29, 1.82) is 0 Å². The van der Waals surface area contributed by atoms with E-state index in [0.717, 1.165) is 49.8 Å². The molecule has 5 heteroatoms. The Morgan fingerprint density at radius 2 is 1.22 bits per heavy atom. The van der Waals surface area contributed by atoms with Crippen molar-refractivity contribution in [2.24, 2.45) is 0 Å². The fourth-order valence-electron chi connectivity index (χ4n) is 6.91. The van der Waals surface area contributed by atoms with Crippen LogP contribution in [-0.2, 0) is 0 Å². The molecular weight excluding hydrogens is 631 g/mol. The zero-order chi connectivity index (χ0) is 33.6. The number of fused-ring (bicyclic) bond motifs is 6. The van der Waals surface area contributed by atoms with Crippen LogP contribution < -0.4 is 0 Å². The molecule has 0 bridgehead atoms. The van der Waals surface area contributed by atoms with Gasteiger partial charge in [-0.15, -0.1) is 11.3 Å². The molecule has 0 aliphatic heterocycles. The lowest BCUT2D eigenvalue weighted by molar-refractivity contribution is 0.669. The number of rotatable bonds is 6. The van der Waals surface area contributed by atoms with E-state index in [0.29, 0.717) is 17.5 Å². The Morgan fingerprint density at radius 1 is 0.540 bits per heavy atom. The maximum Gasteiger partial charge on any atom is 0.164 e. The van der Waals surface area contributed by atoms with E-state index in [4.69, 9.17) is 19.4 Å². The van der Waals surface area contributed by atoms with Crippen LogP contribution in [0.15, 0.2) is 156 Å². The van der Waals surface area contributed by atoms with Crippen LogP contribution in [0.2, 0.25) is 0 Å². The summed E-state index contributed by atoms with van der Waals surface area (Å²) in [5.74, 6) is 1.91. The van der Waals surface area contributed by atoms with Crippen LogP contribution in [0, 0.1) is 0 Å². The standard InChI is InChI=1S/C45H31N3OS/c1-3-13-28(4-2)43-46-44(29-14-6-5-7-15-29)48-45(47-43)32-17-10-16-30(26-32)33-19-11-21-38-41(33)36-27-31(24-25-37(36)49-38)34-20-12-23-40-42(34)35-18-8-9-22-39(35)50-40/h3-27H,1-2H3/b13-3-,28-4+. The molecule has 9 rings (SSSR count). The van der Waals surface area contributed by atoms with Gasteiger partial charge in [0.25, 0.3) is 0 Å². The van der Waals surface area contributed by atoms with Gasteiger partial charge in [-0.3, -0.25) is 0 Å². The van der Waals surface area contributed by atoms with Crippen molar-refractivity contribution >= 4 is 59.0 Å². The molecule has 4 nitrogen and oxygen atoms in total. The van der Waals surface area contributed by atoms with Crippen LogP contribution in [0.3, 0.4) is 0 Å². The first-order valence-electron chi connectivity index (χ1n) is 16.8. The smallest absolute Gasteiger partial charge is 0.164 e. The number of furan rings is 1. The fourth-order valence-corrected chi connectivity index (χ4v) is 8.04. The highest BCUT2D eigenvalue weighted by Crippen LogP contribution is 2.43. The maximum absolute atomic E-state index is 6.46. The van der Waals surface area contributed by atoms with E-state index in [2.05, 4.69) is 103 Å².